The molecule has 0 amide bonds. The van der Waals surface area contributed by atoms with Crippen molar-refractivity contribution >= 4 is 0 Å². The van der Waals surface area contributed by atoms with Gasteiger partial charge in [-0.1, -0.05) is 75.0 Å². The summed E-state index contributed by atoms with van der Waals surface area (Å²) in [5.41, 5.74) is 0. The summed E-state index contributed by atoms with van der Waals surface area (Å²) in [5, 5.41) is 10.8. The fourth-order valence-corrected chi connectivity index (χ4v) is 7.53. The molecule has 0 radical (unpaired) electrons. The molecule has 2 unspecified atom stereocenters. The quantitative estimate of drug-likeness (QED) is 0.377. The van der Waals surface area contributed by atoms with Crippen molar-refractivity contribution in [3.63, 3.8) is 0 Å². The number of piperidine rings is 2. The average molecular weight is 483 g/mol. The predicted octanol–water partition coefficient (Wildman–Crippen LogP) is 6.99. The third kappa shape index (κ3) is 9.48. The van der Waals surface area contributed by atoms with E-state index in [0.717, 1.165) is 30.2 Å². The Kier molecular flexibility index (Phi) is 11.9. The topological polar surface area (TPSA) is 26.7 Å². The van der Waals surface area contributed by atoms with Crippen molar-refractivity contribution in [2.75, 3.05) is 39.3 Å². The van der Waals surface area contributed by atoms with Gasteiger partial charge < -0.3 is 10.0 Å². The van der Waals surface area contributed by atoms with Gasteiger partial charge in [0.2, 0.25) is 0 Å². The van der Waals surface area contributed by atoms with E-state index in [1.54, 1.807) is 0 Å². The van der Waals surface area contributed by atoms with Gasteiger partial charge in [-0.05, 0) is 88.0 Å². The van der Waals surface area contributed by atoms with Crippen molar-refractivity contribution in [3.05, 3.63) is 36.5 Å². The molecule has 0 aliphatic carbocycles. The third-order valence-electron chi connectivity index (χ3n) is 9.36. The third-order valence-corrected chi connectivity index (χ3v) is 9.36. The van der Waals surface area contributed by atoms with E-state index in [2.05, 4.69) is 40.2 Å². The van der Waals surface area contributed by atoms with Crippen LogP contribution in [-0.2, 0) is 0 Å². The molecule has 0 aromatic carbocycles. The van der Waals surface area contributed by atoms with Gasteiger partial charge in [0.25, 0.3) is 0 Å². The largest absolute Gasteiger partial charge is 0.388 e. The number of aliphatic hydroxyl groups is 1. The first-order chi connectivity index (χ1) is 17.3. The first-order valence-corrected chi connectivity index (χ1v) is 15.4. The molecule has 2 saturated heterocycles. The van der Waals surface area contributed by atoms with Gasteiger partial charge in [-0.15, -0.1) is 0 Å². The van der Waals surface area contributed by atoms with E-state index >= 15 is 0 Å². The minimum absolute atomic E-state index is 0.346. The Morgan fingerprint density at radius 2 is 1.31 bits per heavy atom. The summed E-state index contributed by atoms with van der Waals surface area (Å²) in [6.45, 7) is 7.10. The van der Waals surface area contributed by atoms with Gasteiger partial charge in [-0.25, -0.2) is 0 Å². The van der Waals surface area contributed by atoms with Crippen LogP contribution in [0.15, 0.2) is 36.5 Å². The second-order valence-electron chi connectivity index (χ2n) is 12.2. The maximum absolute atomic E-state index is 10.8. The van der Waals surface area contributed by atoms with Gasteiger partial charge in [0.05, 0.1) is 6.10 Å². The van der Waals surface area contributed by atoms with Crippen LogP contribution in [0.5, 0.6) is 0 Å². The number of hydrogen-bond acceptors (Lipinski definition) is 3. The number of rotatable bonds is 0. The number of fused-ring (bicyclic) bond motifs is 10. The van der Waals surface area contributed by atoms with Crippen LogP contribution in [0, 0.1) is 23.7 Å². The smallest absolute Gasteiger partial charge is 0.0850 e. The van der Waals surface area contributed by atoms with Crippen molar-refractivity contribution in [1.82, 2.24) is 9.80 Å². The first-order valence-electron chi connectivity index (χ1n) is 15.4. The minimum atomic E-state index is -0.346. The summed E-state index contributed by atoms with van der Waals surface area (Å²) in [7, 11) is 0. The Balaban J connectivity index is 1.51. The monoisotopic (exact) mass is 482 g/mol. The standard InChI is InChI=1S/C32H54N2O/c35-31-19-15-11-7-2-1-6-10-14-18-29-25-33-21-16-12-8-4-3-5-9-13-17-28-23-30(32(29)20-22-33)26-34(24-28)27-31/h7-8,11-12,15,19,28-32,35H,1-6,9-10,13-14,16-18,20-27H2/b11-7-,12-8-,19-15-/t28-,29+,30+,31+,32+/m0/s1. The Morgan fingerprint density at radius 1 is 0.571 bits per heavy atom. The van der Waals surface area contributed by atoms with Crippen LogP contribution in [-0.4, -0.2) is 60.3 Å². The van der Waals surface area contributed by atoms with Crippen molar-refractivity contribution in [2.45, 2.75) is 102 Å². The molecule has 3 heteroatoms. The molecule has 5 aliphatic heterocycles. The van der Waals surface area contributed by atoms with Crippen LogP contribution in [0.25, 0.3) is 0 Å². The minimum Gasteiger partial charge on any atom is -0.388 e. The summed E-state index contributed by atoms with van der Waals surface area (Å²) in [4.78, 5) is 5.45. The normalized spacial score (nSPS) is 41.6. The van der Waals surface area contributed by atoms with Crippen molar-refractivity contribution in [2.24, 2.45) is 23.7 Å². The molecule has 5 aliphatic rings. The summed E-state index contributed by atoms with van der Waals surface area (Å²) < 4.78 is 0. The summed E-state index contributed by atoms with van der Waals surface area (Å²) in [6.07, 6.45) is 33.4. The van der Waals surface area contributed by atoms with Crippen molar-refractivity contribution in [3.8, 4) is 0 Å². The lowest BCUT2D eigenvalue weighted by atomic mass is 9.69. The van der Waals surface area contributed by atoms with E-state index in [1.165, 1.54) is 129 Å². The Hall–Kier alpha value is -0.900. The maximum Gasteiger partial charge on any atom is 0.0850 e. The lowest BCUT2D eigenvalue weighted by Crippen LogP contribution is -2.50. The zero-order valence-corrected chi connectivity index (χ0v) is 22.5. The van der Waals surface area contributed by atoms with E-state index < -0.39 is 0 Å². The highest BCUT2D eigenvalue weighted by Gasteiger charge is 2.38. The average Bonchev–Trinajstić information content (AvgIpc) is 2.85. The van der Waals surface area contributed by atoms with Crippen LogP contribution < -0.4 is 0 Å². The number of hydrogen-bond donors (Lipinski definition) is 1. The molecule has 2 fully saturated rings. The number of nitrogens with zero attached hydrogens (tertiary/aromatic N) is 2. The zero-order valence-electron chi connectivity index (χ0n) is 22.5. The molecule has 0 aromatic rings. The molecule has 7 atom stereocenters. The highest BCUT2D eigenvalue weighted by atomic mass is 16.3. The van der Waals surface area contributed by atoms with E-state index in [0.29, 0.717) is 0 Å². The van der Waals surface area contributed by atoms with Crippen LogP contribution in [0.2, 0.25) is 0 Å². The molecule has 6 bridgehead atoms. The van der Waals surface area contributed by atoms with Crippen LogP contribution in [0.3, 0.4) is 0 Å². The number of aliphatic hydroxyl groups excluding tert-OH is 1. The van der Waals surface area contributed by atoms with Crippen LogP contribution in [0.1, 0.15) is 96.3 Å². The molecule has 5 rings (SSSR count). The summed E-state index contributed by atoms with van der Waals surface area (Å²) in [5.74, 6) is 3.40. The maximum atomic E-state index is 10.8. The summed E-state index contributed by atoms with van der Waals surface area (Å²) >= 11 is 0. The highest BCUT2D eigenvalue weighted by Crippen LogP contribution is 2.40. The van der Waals surface area contributed by atoms with Gasteiger partial charge in [0, 0.05) is 32.7 Å². The Bertz CT molecular complexity index is 670. The molecular weight excluding hydrogens is 428 g/mol. The molecule has 0 spiro atoms. The molecule has 3 nitrogen and oxygen atoms in total. The zero-order chi connectivity index (χ0) is 24.1. The second-order valence-corrected chi connectivity index (χ2v) is 12.2. The Labute approximate surface area is 216 Å². The first kappa shape index (κ1) is 27.1. The SMILES string of the molecule is O[C@@H]1/C=C\C=C/CCCCCC[C@@H]2CN3CC/C=C\CCCCCC[C@H]4C[C@H](CN(C4)C1)[C@@H]2CC3. The molecule has 0 aromatic heterocycles. The van der Waals surface area contributed by atoms with Gasteiger partial charge in [-0.3, -0.25) is 4.90 Å². The molecule has 1 N–H and O–H groups in total. The Morgan fingerprint density at radius 3 is 2.20 bits per heavy atom. The van der Waals surface area contributed by atoms with E-state index in [1.807, 2.05) is 6.08 Å². The van der Waals surface area contributed by atoms with Crippen LogP contribution in [0.4, 0.5) is 0 Å². The fraction of sp³-hybridized carbons (Fsp3) is 0.812. The van der Waals surface area contributed by atoms with Crippen molar-refractivity contribution in [1.29, 1.82) is 0 Å². The van der Waals surface area contributed by atoms with E-state index in [9.17, 15) is 5.11 Å². The predicted molar refractivity (Wildman–Crippen MR) is 150 cm³/mol. The summed E-state index contributed by atoms with van der Waals surface area (Å²) in [6, 6.07) is 0. The highest BCUT2D eigenvalue weighted by molar-refractivity contribution is 5.05. The van der Waals surface area contributed by atoms with Crippen LogP contribution >= 0.6 is 0 Å². The molecular formula is C32H54N2O. The second kappa shape index (κ2) is 15.4. The lowest BCUT2D eigenvalue weighted by Gasteiger charge is -2.47. The van der Waals surface area contributed by atoms with Gasteiger partial charge in [0.15, 0.2) is 0 Å². The molecule has 198 valence electrons. The van der Waals surface area contributed by atoms with E-state index in [-0.39, 0.29) is 6.10 Å². The van der Waals surface area contributed by atoms with Gasteiger partial charge in [-0.2, -0.15) is 0 Å². The molecule has 0 saturated carbocycles. The van der Waals surface area contributed by atoms with E-state index in [4.69, 9.17) is 0 Å². The fourth-order valence-electron chi connectivity index (χ4n) is 7.53. The molecule has 35 heavy (non-hydrogen) atoms. The van der Waals surface area contributed by atoms with Gasteiger partial charge in [0.1, 0.15) is 0 Å². The van der Waals surface area contributed by atoms with Crippen molar-refractivity contribution < 1.29 is 5.11 Å². The lowest BCUT2D eigenvalue weighted by molar-refractivity contribution is 0.00963. The van der Waals surface area contributed by atoms with Gasteiger partial charge >= 0.3 is 0 Å². The molecule has 5 heterocycles. The number of allylic oxidation sites excluding steroid dienone is 4.